The molecule has 2 amide bonds. The van der Waals surface area contributed by atoms with Crippen LogP contribution >= 0.6 is 15.9 Å². The molecule has 2 fully saturated rings. The average molecular weight is 600 g/mol. The predicted molar refractivity (Wildman–Crippen MR) is 148 cm³/mol. The SMILES string of the molecule is NC(=O)c1nn(CC(=O)N2[C@@H]3C[C@@H]3C[C@H]2C(=O)Cc2cccc(Br)c2)c2ccc(C#Cc3cc(F)ccn3)cc12. The van der Waals surface area contributed by atoms with Crippen molar-refractivity contribution in [1.82, 2.24) is 19.7 Å². The van der Waals surface area contributed by atoms with Crippen LogP contribution in [0.25, 0.3) is 10.9 Å². The lowest BCUT2D eigenvalue weighted by molar-refractivity contribution is -0.139. The second kappa shape index (κ2) is 10.3. The fourth-order valence-corrected chi connectivity index (χ4v) is 5.89. The first-order chi connectivity index (χ1) is 19.3. The quantitative estimate of drug-likeness (QED) is 0.340. The molecule has 8 nitrogen and oxygen atoms in total. The maximum atomic E-state index is 13.6. The molecule has 2 aromatic carbocycles. The van der Waals surface area contributed by atoms with Gasteiger partial charge in [-0.3, -0.25) is 19.1 Å². The zero-order chi connectivity index (χ0) is 28.0. The standard InChI is InChI=1S/C30H23BrFN5O3/c31-20-3-1-2-18(10-20)12-27(38)26-14-19-13-25(19)37(26)28(39)16-36-24-7-5-17(11-23(24)29(35-36)30(33)40)4-6-22-15-21(32)8-9-34-22/h1-3,5,7-11,15,19,25-26H,12-14,16H2,(H2,33,40)/t19-,25-,26+/m1/s1. The van der Waals surface area contributed by atoms with Crippen molar-refractivity contribution < 1.29 is 18.8 Å². The molecule has 6 rings (SSSR count). The van der Waals surface area contributed by atoms with Crippen molar-refractivity contribution >= 4 is 44.4 Å². The van der Waals surface area contributed by atoms with E-state index in [9.17, 15) is 18.8 Å². The van der Waals surface area contributed by atoms with E-state index in [1.54, 1.807) is 23.1 Å². The molecule has 0 unspecified atom stereocenters. The van der Waals surface area contributed by atoms with Gasteiger partial charge in [0.2, 0.25) is 5.91 Å². The molecule has 0 bridgehead atoms. The Morgan fingerprint density at radius 2 is 1.93 bits per heavy atom. The number of aromatic nitrogens is 3. The molecule has 1 aliphatic heterocycles. The van der Waals surface area contributed by atoms with Crippen molar-refractivity contribution in [3.05, 3.63) is 93.6 Å². The molecule has 3 atom stereocenters. The molecule has 0 radical (unpaired) electrons. The Bertz CT molecular complexity index is 1760. The van der Waals surface area contributed by atoms with E-state index in [1.807, 2.05) is 24.3 Å². The van der Waals surface area contributed by atoms with E-state index in [-0.39, 0.29) is 42.1 Å². The molecule has 1 saturated heterocycles. The molecule has 2 N–H and O–H groups in total. The predicted octanol–water partition coefficient (Wildman–Crippen LogP) is 3.63. The van der Waals surface area contributed by atoms with E-state index >= 15 is 0 Å². The smallest absolute Gasteiger partial charge is 0.269 e. The summed E-state index contributed by atoms with van der Waals surface area (Å²) >= 11 is 3.44. The van der Waals surface area contributed by atoms with Crippen molar-refractivity contribution in [2.24, 2.45) is 11.7 Å². The van der Waals surface area contributed by atoms with Crippen LogP contribution in [0.5, 0.6) is 0 Å². The number of nitrogens with two attached hydrogens (primary N) is 1. The monoisotopic (exact) mass is 599 g/mol. The van der Waals surface area contributed by atoms with Crippen LogP contribution in [-0.2, 0) is 22.6 Å². The lowest BCUT2D eigenvalue weighted by Crippen LogP contribution is -2.45. The van der Waals surface area contributed by atoms with Crippen molar-refractivity contribution in [2.45, 2.75) is 37.9 Å². The van der Waals surface area contributed by atoms with Crippen LogP contribution in [0.4, 0.5) is 4.39 Å². The minimum absolute atomic E-state index is 0.0119. The Kier molecular flexibility index (Phi) is 6.68. The summed E-state index contributed by atoms with van der Waals surface area (Å²) < 4.78 is 15.8. The van der Waals surface area contributed by atoms with Gasteiger partial charge in [0.1, 0.15) is 18.1 Å². The highest BCUT2D eigenvalue weighted by Crippen LogP contribution is 2.48. The average Bonchev–Trinajstić information content (AvgIpc) is 3.43. The summed E-state index contributed by atoms with van der Waals surface area (Å²) in [6, 6.07) is 14.7. The zero-order valence-corrected chi connectivity index (χ0v) is 22.8. The van der Waals surface area contributed by atoms with E-state index in [4.69, 9.17) is 5.73 Å². The van der Waals surface area contributed by atoms with E-state index in [0.717, 1.165) is 16.5 Å². The number of benzene rings is 2. The third-order valence-corrected chi connectivity index (χ3v) is 7.85. The lowest BCUT2D eigenvalue weighted by atomic mass is 10.0. The van der Waals surface area contributed by atoms with Crippen LogP contribution in [-0.4, -0.2) is 49.3 Å². The third-order valence-electron chi connectivity index (χ3n) is 7.36. The fraction of sp³-hybridized carbons (Fsp3) is 0.233. The number of rotatable bonds is 6. The van der Waals surface area contributed by atoms with Gasteiger partial charge in [-0.05, 0) is 66.6 Å². The highest BCUT2D eigenvalue weighted by molar-refractivity contribution is 9.10. The number of likely N-dealkylation sites (tertiary alicyclic amines) is 1. The number of piperidine rings is 1. The lowest BCUT2D eigenvalue weighted by Gasteiger charge is -2.27. The normalized spacial score (nSPS) is 19.1. The molecule has 200 valence electrons. The molecule has 40 heavy (non-hydrogen) atoms. The molecule has 1 saturated carbocycles. The van der Waals surface area contributed by atoms with Gasteiger partial charge in [0.25, 0.3) is 5.91 Å². The Labute approximate surface area is 237 Å². The molecule has 10 heteroatoms. The van der Waals surface area contributed by atoms with E-state index in [2.05, 4.69) is 37.9 Å². The Hall–Kier alpha value is -4.36. The molecule has 0 spiro atoms. The number of ketones is 1. The van der Waals surface area contributed by atoms with Crippen LogP contribution < -0.4 is 5.73 Å². The van der Waals surface area contributed by atoms with Crippen molar-refractivity contribution in [1.29, 1.82) is 0 Å². The van der Waals surface area contributed by atoms with E-state index in [1.165, 1.54) is 23.0 Å². The summed E-state index contributed by atoms with van der Waals surface area (Å²) in [5.41, 5.74) is 7.87. The van der Waals surface area contributed by atoms with Gasteiger partial charge < -0.3 is 10.6 Å². The first-order valence-corrected chi connectivity index (χ1v) is 13.6. The number of hydrogen-bond acceptors (Lipinski definition) is 5. The van der Waals surface area contributed by atoms with Gasteiger partial charge in [0.05, 0.1) is 11.6 Å². The summed E-state index contributed by atoms with van der Waals surface area (Å²) in [7, 11) is 0. The summed E-state index contributed by atoms with van der Waals surface area (Å²) in [4.78, 5) is 44.8. The number of primary amides is 1. The Morgan fingerprint density at radius 3 is 2.70 bits per heavy atom. The second-order valence-corrected chi connectivity index (χ2v) is 11.0. The molecular weight excluding hydrogens is 577 g/mol. The number of halogens is 2. The number of carbonyl (C=O) groups is 3. The minimum atomic E-state index is -0.737. The van der Waals surface area contributed by atoms with Crippen molar-refractivity contribution in [3.8, 4) is 11.8 Å². The molecule has 2 aliphatic rings. The number of amides is 2. The maximum Gasteiger partial charge on any atom is 0.269 e. The van der Waals surface area contributed by atoms with Crippen LogP contribution in [0.1, 0.15) is 40.2 Å². The highest BCUT2D eigenvalue weighted by atomic mass is 79.9. The first kappa shape index (κ1) is 25.9. The van der Waals surface area contributed by atoms with Crippen LogP contribution in [0.3, 0.4) is 0 Å². The molecule has 3 heterocycles. The number of carbonyl (C=O) groups excluding carboxylic acids is 3. The topological polar surface area (TPSA) is 111 Å². The van der Waals surface area contributed by atoms with Crippen LogP contribution in [0.15, 0.2) is 65.3 Å². The van der Waals surface area contributed by atoms with Gasteiger partial charge in [-0.15, -0.1) is 0 Å². The zero-order valence-electron chi connectivity index (χ0n) is 21.2. The molecule has 1 aliphatic carbocycles. The summed E-state index contributed by atoms with van der Waals surface area (Å²) in [5.74, 6) is 4.66. The van der Waals surface area contributed by atoms with Gasteiger partial charge in [-0.1, -0.05) is 34.0 Å². The van der Waals surface area contributed by atoms with E-state index in [0.29, 0.717) is 28.8 Å². The van der Waals surface area contributed by atoms with Gasteiger partial charge >= 0.3 is 0 Å². The number of hydrogen-bond donors (Lipinski definition) is 1. The van der Waals surface area contributed by atoms with Gasteiger partial charge in [-0.25, -0.2) is 9.37 Å². The molecular formula is C30H23BrFN5O3. The van der Waals surface area contributed by atoms with Crippen molar-refractivity contribution in [2.75, 3.05) is 0 Å². The number of fused-ring (bicyclic) bond motifs is 2. The number of nitrogens with zero attached hydrogens (tertiary/aromatic N) is 4. The van der Waals surface area contributed by atoms with E-state index < -0.39 is 17.8 Å². The Morgan fingerprint density at radius 1 is 1.07 bits per heavy atom. The second-order valence-electron chi connectivity index (χ2n) is 10.1. The van der Waals surface area contributed by atoms with Gasteiger partial charge in [-0.2, -0.15) is 5.10 Å². The fourth-order valence-electron chi connectivity index (χ4n) is 5.45. The highest BCUT2D eigenvalue weighted by Gasteiger charge is 2.55. The number of Topliss-reactive ketones (excluding diaryl/α,β-unsaturated/α-hetero) is 1. The van der Waals surface area contributed by atoms with Gasteiger partial charge in [0.15, 0.2) is 11.5 Å². The van der Waals surface area contributed by atoms with Crippen LogP contribution in [0, 0.1) is 23.6 Å². The number of pyridine rings is 1. The van der Waals surface area contributed by atoms with Crippen molar-refractivity contribution in [3.63, 3.8) is 0 Å². The first-order valence-electron chi connectivity index (χ1n) is 12.8. The Balaban J connectivity index is 1.25. The van der Waals surface area contributed by atoms with Gasteiger partial charge in [0, 0.05) is 40.1 Å². The third kappa shape index (κ3) is 5.12. The molecule has 2 aromatic heterocycles. The summed E-state index contributed by atoms with van der Waals surface area (Å²) in [6.07, 6.45) is 3.13. The summed E-state index contributed by atoms with van der Waals surface area (Å²) in [5, 5.41) is 4.80. The summed E-state index contributed by atoms with van der Waals surface area (Å²) in [6.45, 7) is -0.133. The largest absolute Gasteiger partial charge is 0.364 e. The molecule has 4 aromatic rings. The maximum absolute atomic E-state index is 13.6. The van der Waals surface area contributed by atoms with Crippen LogP contribution in [0.2, 0.25) is 0 Å². The minimum Gasteiger partial charge on any atom is -0.364 e.